The van der Waals surface area contributed by atoms with E-state index in [1.54, 1.807) is 7.11 Å². The summed E-state index contributed by atoms with van der Waals surface area (Å²) in [5.41, 5.74) is 1.16. The zero-order chi connectivity index (χ0) is 15.3. The van der Waals surface area contributed by atoms with Crippen LogP contribution in [0, 0.1) is 0 Å². The van der Waals surface area contributed by atoms with E-state index in [4.69, 9.17) is 9.47 Å². The van der Waals surface area contributed by atoms with E-state index in [9.17, 15) is 0 Å². The third-order valence-electron chi connectivity index (χ3n) is 4.34. The summed E-state index contributed by atoms with van der Waals surface area (Å²) in [5.74, 6) is 1.90. The fourth-order valence-corrected chi connectivity index (χ4v) is 3.20. The topological polar surface area (TPSA) is 30.5 Å². The maximum absolute atomic E-state index is 6.35. The zero-order valence-corrected chi connectivity index (χ0v) is 13.9. The van der Waals surface area contributed by atoms with E-state index in [0.29, 0.717) is 6.04 Å². The quantitative estimate of drug-likeness (QED) is 0.752. The first-order valence-corrected chi connectivity index (χ1v) is 8.22. The molecule has 1 aromatic rings. The van der Waals surface area contributed by atoms with E-state index in [0.717, 1.165) is 30.9 Å². The molecule has 118 valence electrons. The normalized spacial score (nSPS) is 24.3. The van der Waals surface area contributed by atoms with Gasteiger partial charge in [0.2, 0.25) is 0 Å². The van der Waals surface area contributed by atoms with Crippen molar-refractivity contribution in [2.45, 2.75) is 64.5 Å². The van der Waals surface area contributed by atoms with Crippen LogP contribution in [0.15, 0.2) is 18.2 Å². The van der Waals surface area contributed by atoms with Gasteiger partial charge in [0.15, 0.2) is 0 Å². The molecule has 0 amide bonds. The van der Waals surface area contributed by atoms with E-state index < -0.39 is 0 Å². The number of benzene rings is 1. The van der Waals surface area contributed by atoms with Gasteiger partial charge < -0.3 is 14.8 Å². The first-order chi connectivity index (χ1) is 10.1. The fourth-order valence-electron chi connectivity index (χ4n) is 3.20. The molecule has 1 aliphatic rings. The minimum atomic E-state index is -0.0659. The van der Waals surface area contributed by atoms with Crippen LogP contribution in [-0.2, 0) is 0 Å². The summed E-state index contributed by atoms with van der Waals surface area (Å²) in [6.45, 7) is 7.61. The summed E-state index contributed by atoms with van der Waals surface area (Å²) in [6, 6.07) is 6.49. The molecule has 0 fully saturated rings. The first-order valence-electron chi connectivity index (χ1n) is 8.22. The molecule has 1 heterocycles. The smallest absolute Gasteiger partial charge is 0.125 e. The van der Waals surface area contributed by atoms with Crippen molar-refractivity contribution in [2.24, 2.45) is 0 Å². The highest BCUT2D eigenvalue weighted by atomic mass is 16.5. The van der Waals surface area contributed by atoms with Crippen molar-refractivity contribution >= 4 is 0 Å². The van der Waals surface area contributed by atoms with Crippen LogP contribution in [0.3, 0.4) is 0 Å². The number of rotatable bonds is 7. The minimum absolute atomic E-state index is 0.0659. The van der Waals surface area contributed by atoms with Crippen LogP contribution >= 0.6 is 0 Å². The van der Waals surface area contributed by atoms with Gasteiger partial charge in [0.1, 0.15) is 17.1 Å². The second kappa shape index (κ2) is 7.17. The average molecular weight is 291 g/mol. The molecule has 2 rings (SSSR count). The number of nitrogens with one attached hydrogen (secondary N) is 1. The van der Waals surface area contributed by atoms with Gasteiger partial charge >= 0.3 is 0 Å². The molecule has 21 heavy (non-hydrogen) atoms. The van der Waals surface area contributed by atoms with Crippen LogP contribution in [0.2, 0.25) is 0 Å². The molecule has 3 heteroatoms. The van der Waals surface area contributed by atoms with Crippen molar-refractivity contribution in [1.82, 2.24) is 5.32 Å². The highest BCUT2D eigenvalue weighted by Gasteiger charge is 2.36. The number of hydrogen-bond donors (Lipinski definition) is 1. The van der Waals surface area contributed by atoms with Gasteiger partial charge in [0.05, 0.1) is 7.11 Å². The van der Waals surface area contributed by atoms with Gasteiger partial charge in [-0.2, -0.15) is 0 Å². The Morgan fingerprint density at radius 1 is 1.33 bits per heavy atom. The molecule has 0 bridgehead atoms. The van der Waals surface area contributed by atoms with Crippen molar-refractivity contribution in [3.63, 3.8) is 0 Å². The summed E-state index contributed by atoms with van der Waals surface area (Å²) in [5, 5.41) is 3.60. The maximum Gasteiger partial charge on any atom is 0.125 e. The molecule has 1 aromatic carbocycles. The summed E-state index contributed by atoms with van der Waals surface area (Å²) in [6.07, 6.45) is 5.90. The Morgan fingerprint density at radius 2 is 2.14 bits per heavy atom. The van der Waals surface area contributed by atoms with Crippen molar-refractivity contribution in [3.8, 4) is 11.5 Å². The van der Waals surface area contributed by atoms with Crippen molar-refractivity contribution in [3.05, 3.63) is 23.8 Å². The predicted octanol–water partition coefficient (Wildman–Crippen LogP) is 4.47. The fraction of sp³-hybridized carbons (Fsp3) is 0.667. The Balaban J connectivity index is 2.21. The van der Waals surface area contributed by atoms with Gasteiger partial charge in [-0.3, -0.25) is 0 Å². The van der Waals surface area contributed by atoms with Crippen molar-refractivity contribution in [1.29, 1.82) is 0 Å². The molecule has 2 atom stereocenters. The summed E-state index contributed by atoms with van der Waals surface area (Å²) in [4.78, 5) is 0. The van der Waals surface area contributed by atoms with Crippen LogP contribution in [0.5, 0.6) is 11.5 Å². The second-order valence-electron chi connectivity index (χ2n) is 6.23. The van der Waals surface area contributed by atoms with Crippen LogP contribution in [0.1, 0.15) is 64.5 Å². The Kier molecular flexibility index (Phi) is 5.51. The van der Waals surface area contributed by atoms with Gasteiger partial charge in [-0.05, 0) is 44.5 Å². The number of fused-ring (bicyclic) bond motifs is 1. The molecule has 0 spiro atoms. The Labute approximate surface area is 129 Å². The van der Waals surface area contributed by atoms with Crippen LogP contribution < -0.4 is 14.8 Å². The van der Waals surface area contributed by atoms with E-state index in [1.165, 1.54) is 24.8 Å². The Hall–Kier alpha value is -1.22. The Morgan fingerprint density at radius 3 is 2.81 bits per heavy atom. The molecule has 0 aliphatic carbocycles. The lowest BCUT2D eigenvalue weighted by atomic mass is 9.84. The van der Waals surface area contributed by atoms with Gasteiger partial charge in [-0.25, -0.2) is 0 Å². The number of ether oxygens (including phenoxy) is 2. The molecule has 0 saturated carbocycles. The van der Waals surface area contributed by atoms with Crippen molar-refractivity contribution < 1.29 is 9.47 Å². The van der Waals surface area contributed by atoms with Gasteiger partial charge in [0.25, 0.3) is 0 Å². The molecule has 0 aromatic heterocycles. The molecule has 0 saturated heterocycles. The number of unbranched alkanes of at least 4 members (excludes halogenated alkanes) is 2. The summed E-state index contributed by atoms with van der Waals surface area (Å²) < 4.78 is 11.7. The van der Waals surface area contributed by atoms with Crippen LogP contribution in [-0.4, -0.2) is 19.3 Å². The first kappa shape index (κ1) is 16.2. The second-order valence-corrected chi connectivity index (χ2v) is 6.23. The lowest BCUT2D eigenvalue weighted by Crippen LogP contribution is -2.41. The molecule has 0 radical (unpaired) electrons. The van der Waals surface area contributed by atoms with E-state index in [-0.39, 0.29) is 5.60 Å². The molecule has 3 nitrogen and oxygen atoms in total. The summed E-state index contributed by atoms with van der Waals surface area (Å²) >= 11 is 0. The highest BCUT2D eigenvalue weighted by molar-refractivity contribution is 5.44. The third kappa shape index (κ3) is 3.91. The maximum atomic E-state index is 6.35. The average Bonchev–Trinajstić information content (AvgIpc) is 2.47. The molecule has 2 unspecified atom stereocenters. The van der Waals surface area contributed by atoms with Gasteiger partial charge in [-0.1, -0.05) is 26.7 Å². The summed E-state index contributed by atoms with van der Waals surface area (Å²) in [7, 11) is 1.71. The van der Waals surface area contributed by atoms with Crippen LogP contribution in [0.25, 0.3) is 0 Å². The van der Waals surface area contributed by atoms with Crippen LogP contribution in [0.4, 0.5) is 0 Å². The third-order valence-corrected chi connectivity index (χ3v) is 4.34. The highest BCUT2D eigenvalue weighted by Crippen LogP contribution is 2.43. The van der Waals surface area contributed by atoms with Gasteiger partial charge in [0, 0.05) is 18.0 Å². The zero-order valence-electron chi connectivity index (χ0n) is 13.9. The lowest BCUT2D eigenvalue weighted by Gasteiger charge is -2.40. The molecular weight excluding hydrogens is 262 g/mol. The number of hydrogen-bond acceptors (Lipinski definition) is 3. The number of methoxy groups -OCH3 is 1. The standard InChI is InChI=1S/C18H29NO2/c1-5-7-8-11-18(3)13-16(19-6-2)15-12-14(20-4)9-10-17(15)21-18/h9-10,12,16,19H,5-8,11,13H2,1-4H3. The Bertz CT molecular complexity index is 461. The minimum Gasteiger partial charge on any atom is -0.497 e. The largest absolute Gasteiger partial charge is 0.497 e. The van der Waals surface area contributed by atoms with Gasteiger partial charge in [-0.15, -0.1) is 0 Å². The van der Waals surface area contributed by atoms with Crippen molar-refractivity contribution in [2.75, 3.05) is 13.7 Å². The SMILES string of the molecule is CCCCCC1(C)CC(NCC)c2cc(OC)ccc2O1. The van der Waals surface area contributed by atoms with E-state index in [2.05, 4.69) is 38.2 Å². The molecule has 1 N–H and O–H groups in total. The lowest BCUT2D eigenvalue weighted by molar-refractivity contribution is 0.0375. The monoisotopic (exact) mass is 291 g/mol. The van der Waals surface area contributed by atoms with E-state index in [1.807, 2.05) is 6.07 Å². The van der Waals surface area contributed by atoms with E-state index >= 15 is 0 Å². The molecular formula is C18H29NO2. The molecule has 1 aliphatic heterocycles. The predicted molar refractivity (Wildman–Crippen MR) is 87.2 cm³/mol.